The smallest absolute Gasteiger partial charge is 0.244 e. The van der Waals surface area contributed by atoms with Crippen LogP contribution in [0.1, 0.15) is 25.5 Å². The van der Waals surface area contributed by atoms with Gasteiger partial charge in [0.25, 0.3) is 0 Å². The molecule has 1 aliphatic rings. The highest BCUT2D eigenvalue weighted by Gasteiger charge is 2.22. The number of nitrogens with one attached hydrogen (secondary N) is 1. The molecule has 0 saturated carbocycles. The van der Waals surface area contributed by atoms with Gasteiger partial charge >= 0.3 is 0 Å². The largest absolute Gasteiger partial charge is 0.454 e. The molecule has 6 nitrogen and oxygen atoms in total. The minimum atomic E-state index is -0.267. The van der Waals surface area contributed by atoms with Crippen LogP contribution < -0.4 is 14.8 Å². The highest BCUT2D eigenvalue weighted by Crippen LogP contribution is 2.34. The SMILES string of the molecule is CC(=O)N(CC(=O)Nc1ccc2c(c1)OCO2)C(C)c1ccccc1. The summed E-state index contributed by atoms with van der Waals surface area (Å²) in [5.74, 6) is 0.828. The van der Waals surface area contributed by atoms with Crippen molar-refractivity contribution in [3.63, 3.8) is 0 Å². The molecule has 2 aromatic carbocycles. The number of nitrogens with zero attached hydrogens (tertiary/aromatic N) is 1. The molecule has 0 aliphatic carbocycles. The van der Waals surface area contributed by atoms with E-state index in [0.29, 0.717) is 17.2 Å². The lowest BCUT2D eigenvalue weighted by atomic mass is 10.1. The van der Waals surface area contributed by atoms with Crippen molar-refractivity contribution in [3.05, 3.63) is 54.1 Å². The third-order valence-electron chi connectivity index (χ3n) is 4.12. The van der Waals surface area contributed by atoms with Gasteiger partial charge in [0.05, 0.1) is 6.04 Å². The lowest BCUT2D eigenvalue weighted by Crippen LogP contribution is -2.38. The highest BCUT2D eigenvalue weighted by atomic mass is 16.7. The van der Waals surface area contributed by atoms with Gasteiger partial charge in [0, 0.05) is 18.7 Å². The van der Waals surface area contributed by atoms with Crippen molar-refractivity contribution in [3.8, 4) is 11.5 Å². The van der Waals surface area contributed by atoms with E-state index >= 15 is 0 Å². The van der Waals surface area contributed by atoms with Crippen molar-refractivity contribution >= 4 is 17.5 Å². The Hall–Kier alpha value is -3.02. The molecule has 0 bridgehead atoms. The second kappa shape index (κ2) is 7.25. The predicted octanol–water partition coefficient (Wildman–Crippen LogP) is 2.96. The Morgan fingerprint density at radius 1 is 1.12 bits per heavy atom. The quantitative estimate of drug-likeness (QED) is 0.909. The average Bonchev–Trinajstić information content (AvgIpc) is 3.07. The van der Waals surface area contributed by atoms with Crippen molar-refractivity contribution in [2.45, 2.75) is 19.9 Å². The maximum Gasteiger partial charge on any atom is 0.244 e. The zero-order valence-electron chi connectivity index (χ0n) is 14.2. The summed E-state index contributed by atoms with van der Waals surface area (Å²) >= 11 is 0. The molecule has 2 amide bonds. The number of amides is 2. The summed E-state index contributed by atoms with van der Waals surface area (Å²) in [6, 6.07) is 14.6. The van der Waals surface area contributed by atoms with Crippen LogP contribution in [0.25, 0.3) is 0 Å². The van der Waals surface area contributed by atoms with E-state index in [4.69, 9.17) is 9.47 Å². The Morgan fingerprint density at radius 2 is 1.84 bits per heavy atom. The summed E-state index contributed by atoms with van der Waals surface area (Å²) in [6.45, 7) is 3.52. The second-order valence-corrected chi connectivity index (χ2v) is 5.85. The number of hydrogen-bond acceptors (Lipinski definition) is 4. The van der Waals surface area contributed by atoms with Crippen molar-refractivity contribution in [2.24, 2.45) is 0 Å². The number of anilines is 1. The molecule has 130 valence electrons. The van der Waals surface area contributed by atoms with Crippen LogP contribution in [0.2, 0.25) is 0 Å². The summed E-state index contributed by atoms with van der Waals surface area (Å²) < 4.78 is 10.5. The fraction of sp³-hybridized carbons (Fsp3) is 0.263. The molecule has 0 saturated heterocycles. The number of carbonyl (C=O) groups excluding carboxylic acids is 2. The molecule has 1 heterocycles. The van der Waals surface area contributed by atoms with Crippen molar-refractivity contribution in [2.75, 3.05) is 18.7 Å². The van der Waals surface area contributed by atoms with Crippen LogP contribution in [-0.2, 0) is 9.59 Å². The number of ether oxygens (including phenoxy) is 2. The molecule has 0 aromatic heterocycles. The van der Waals surface area contributed by atoms with Gasteiger partial charge in [-0.05, 0) is 24.6 Å². The predicted molar refractivity (Wildman–Crippen MR) is 93.4 cm³/mol. The van der Waals surface area contributed by atoms with Crippen LogP contribution >= 0.6 is 0 Å². The van der Waals surface area contributed by atoms with Crippen LogP contribution in [0.5, 0.6) is 11.5 Å². The van der Waals surface area contributed by atoms with E-state index in [-0.39, 0.29) is 31.2 Å². The van der Waals surface area contributed by atoms with Crippen molar-refractivity contribution < 1.29 is 19.1 Å². The lowest BCUT2D eigenvalue weighted by Gasteiger charge is -2.28. The molecule has 0 spiro atoms. The van der Waals surface area contributed by atoms with E-state index in [1.54, 1.807) is 18.2 Å². The Kier molecular flexibility index (Phi) is 4.88. The third-order valence-corrected chi connectivity index (χ3v) is 4.12. The normalized spacial score (nSPS) is 13.2. The molecular weight excluding hydrogens is 320 g/mol. The first-order chi connectivity index (χ1) is 12.0. The van der Waals surface area contributed by atoms with E-state index in [1.807, 2.05) is 37.3 Å². The van der Waals surface area contributed by atoms with Crippen LogP contribution in [0.15, 0.2) is 48.5 Å². The Labute approximate surface area is 146 Å². The van der Waals surface area contributed by atoms with Crippen molar-refractivity contribution in [1.29, 1.82) is 0 Å². The Balaban J connectivity index is 1.68. The molecule has 1 atom stereocenters. The second-order valence-electron chi connectivity index (χ2n) is 5.85. The van der Waals surface area contributed by atoms with Crippen LogP contribution in [0.4, 0.5) is 5.69 Å². The molecule has 3 rings (SSSR count). The molecule has 0 radical (unpaired) electrons. The van der Waals surface area contributed by atoms with Gasteiger partial charge in [-0.2, -0.15) is 0 Å². The van der Waals surface area contributed by atoms with Gasteiger partial charge in [-0.25, -0.2) is 0 Å². The number of rotatable bonds is 5. The monoisotopic (exact) mass is 340 g/mol. The zero-order valence-corrected chi connectivity index (χ0v) is 14.2. The standard InChI is InChI=1S/C19H20N2O4/c1-13(15-6-4-3-5-7-15)21(14(2)22)11-19(23)20-16-8-9-17-18(10-16)25-12-24-17/h3-10,13H,11-12H2,1-2H3,(H,20,23). The molecule has 2 aromatic rings. The van der Waals surface area contributed by atoms with Gasteiger partial charge in [0.15, 0.2) is 11.5 Å². The maximum atomic E-state index is 12.4. The first-order valence-electron chi connectivity index (χ1n) is 8.06. The number of fused-ring (bicyclic) bond motifs is 1. The van der Waals surface area contributed by atoms with Gasteiger partial charge in [0.2, 0.25) is 18.6 Å². The molecule has 1 unspecified atom stereocenters. The summed E-state index contributed by atoms with van der Waals surface area (Å²) in [6.07, 6.45) is 0. The van der Waals surface area contributed by atoms with E-state index in [9.17, 15) is 9.59 Å². The molecule has 1 N–H and O–H groups in total. The van der Waals surface area contributed by atoms with Gasteiger partial charge in [-0.15, -0.1) is 0 Å². The van der Waals surface area contributed by atoms with Crippen LogP contribution in [0, 0.1) is 0 Å². The molecule has 1 aliphatic heterocycles. The summed E-state index contributed by atoms with van der Waals surface area (Å²) in [5, 5.41) is 2.79. The maximum absolute atomic E-state index is 12.4. The van der Waals surface area contributed by atoms with Gasteiger partial charge in [-0.1, -0.05) is 30.3 Å². The number of hydrogen-bond donors (Lipinski definition) is 1. The number of carbonyl (C=O) groups is 2. The Morgan fingerprint density at radius 3 is 2.56 bits per heavy atom. The van der Waals surface area contributed by atoms with Gasteiger partial charge in [0.1, 0.15) is 6.54 Å². The zero-order chi connectivity index (χ0) is 17.8. The fourth-order valence-corrected chi connectivity index (χ4v) is 2.76. The first-order valence-corrected chi connectivity index (χ1v) is 8.06. The fourth-order valence-electron chi connectivity index (χ4n) is 2.76. The molecule has 6 heteroatoms. The van der Waals surface area contributed by atoms with E-state index in [0.717, 1.165) is 5.56 Å². The third kappa shape index (κ3) is 3.91. The Bertz CT molecular complexity index is 776. The van der Waals surface area contributed by atoms with Crippen molar-refractivity contribution in [1.82, 2.24) is 4.90 Å². The minimum Gasteiger partial charge on any atom is -0.454 e. The first kappa shape index (κ1) is 16.8. The van der Waals surface area contributed by atoms with E-state index in [2.05, 4.69) is 5.32 Å². The average molecular weight is 340 g/mol. The lowest BCUT2D eigenvalue weighted by molar-refractivity contribution is -0.134. The molecule has 0 fully saturated rings. The van der Waals surface area contributed by atoms with E-state index < -0.39 is 0 Å². The number of benzene rings is 2. The highest BCUT2D eigenvalue weighted by molar-refractivity contribution is 5.94. The minimum absolute atomic E-state index is 0.0279. The van der Waals surface area contributed by atoms with E-state index in [1.165, 1.54) is 11.8 Å². The van der Waals surface area contributed by atoms with Gasteiger partial charge in [-0.3, -0.25) is 9.59 Å². The molecule has 25 heavy (non-hydrogen) atoms. The van der Waals surface area contributed by atoms with Gasteiger partial charge < -0.3 is 19.7 Å². The van der Waals surface area contributed by atoms with Crippen LogP contribution in [-0.4, -0.2) is 30.1 Å². The topological polar surface area (TPSA) is 67.9 Å². The summed E-state index contributed by atoms with van der Waals surface area (Å²) in [5.41, 5.74) is 1.58. The summed E-state index contributed by atoms with van der Waals surface area (Å²) in [4.78, 5) is 25.9. The molecular formula is C19H20N2O4. The summed E-state index contributed by atoms with van der Waals surface area (Å²) in [7, 11) is 0. The van der Waals surface area contributed by atoms with Crippen LogP contribution in [0.3, 0.4) is 0 Å².